The third-order valence-corrected chi connectivity index (χ3v) is 3.03. The van der Waals surface area contributed by atoms with Crippen LogP contribution in [0, 0.1) is 0 Å². The fraction of sp³-hybridized carbons (Fsp3) is 0.643. The van der Waals surface area contributed by atoms with Crippen LogP contribution < -0.4 is 15.8 Å². The van der Waals surface area contributed by atoms with Crippen molar-refractivity contribution in [3.8, 4) is 5.88 Å². The Morgan fingerprint density at radius 2 is 2.37 bits per heavy atom. The van der Waals surface area contributed by atoms with E-state index < -0.39 is 0 Å². The minimum Gasteiger partial charge on any atom is -0.473 e. The molecule has 0 spiro atoms. The summed E-state index contributed by atoms with van der Waals surface area (Å²) < 4.78 is 11.1. The lowest BCUT2D eigenvalue weighted by Gasteiger charge is -2.14. The van der Waals surface area contributed by atoms with Crippen molar-refractivity contribution < 1.29 is 9.47 Å². The molecule has 3 N–H and O–H groups in total. The van der Waals surface area contributed by atoms with Crippen molar-refractivity contribution in [1.82, 2.24) is 4.98 Å². The van der Waals surface area contributed by atoms with Crippen LogP contribution in [0.3, 0.4) is 0 Å². The van der Waals surface area contributed by atoms with E-state index in [0.29, 0.717) is 17.7 Å². The first kappa shape index (κ1) is 13.9. The molecule has 1 fully saturated rings. The Kier molecular flexibility index (Phi) is 4.85. The summed E-state index contributed by atoms with van der Waals surface area (Å²) >= 11 is 0. The maximum atomic E-state index is 5.83. The number of hydrogen-bond acceptors (Lipinski definition) is 5. The van der Waals surface area contributed by atoms with Gasteiger partial charge >= 0.3 is 0 Å². The van der Waals surface area contributed by atoms with Crippen LogP contribution in [0.1, 0.15) is 33.1 Å². The highest BCUT2D eigenvalue weighted by atomic mass is 16.5. The van der Waals surface area contributed by atoms with Crippen LogP contribution in [-0.4, -0.2) is 30.3 Å². The van der Waals surface area contributed by atoms with Crippen molar-refractivity contribution in [3.05, 3.63) is 12.1 Å². The molecule has 106 valence electrons. The molecule has 1 atom stereocenters. The molecule has 0 radical (unpaired) electrons. The van der Waals surface area contributed by atoms with Crippen LogP contribution in [0.4, 0.5) is 11.5 Å². The van der Waals surface area contributed by atoms with Crippen molar-refractivity contribution in [2.24, 2.45) is 0 Å². The molecule has 1 aromatic rings. The van der Waals surface area contributed by atoms with E-state index in [2.05, 4.69) is 10.3 Å². The first-order valence-corrected chi connectivity index (χ1v) is 6.94. The summed E-state index contributed by atoms with van der Waals surface area (Å²) in [6.07, 6.45) is 3.81. The summed E-state index contributed by atoms with van der Waals surface area (Å²) in [5.74, 6) is 1.29. The Bertz CT molecular complexity index is 404. The largest absolute Gasteiger partial charge is 0.473 e. The first-order valence-electron chi connectivity index (χ1n) is 6.94. The number of nitrogen functional groups attached to an aromatic ring is 1. The normalized spacial score (nSPS) is 18.8. The van der Waals surface area contributed by atoms with Gasteiger partial charge in [0.2, 0.25) is 5.88 Å². The predicted molar refractivity (Wildman–Crippen MR) is 76.5 cm³/mol. The van der Waals surface area contributed by atoms with E-state index >= 15 is 0 Å². The maximum absolute atomic E-state index is 5.83. The van der Waals surface area contributed by atoms with E-state index in [1.54, 1.807) is 0 Å². The van der Waals surface area contributed by atoms with Gasteiger partial charge in [0, 0.05) is 13.2 Å². The molecule has 1 aromatic heterocycles. The summed E-state index contributed by atoms with van der Waals surface area (Å²) in [7, 11) is 0. The van der Waals surface area contributed by atoms with E-state index in [1.165, 1.54) is 12.8 Å². The molecule has 1 aliphatic heterocycles. The summed E-state index contributed by atoms with van der Waals surface area (Å²) in [6.45, 7) is 5.66. The second-order valence-electron chi connectivity index (χ2n) is 5.11. The number of nitrogens with two attached hydrogens (primary N) is 1. The summed E-state index contributed by atoms with van der Waals surface area (Å²) in [4.78, 5) is 4.38. The molecule has 19 heavy (non-hydrogen) atoms. The van der Waals surface area contributed by atoms with Crippen LogP contribution in [0.2, 0.25) is 0 Å². The summed E-state index contributed by atoms with van der Waals surface area (Å²) in [6, 6.07) is 3.69. The number of ether oxygens (including phenoxy) is 2. The average molecular weight is 265 g/mol. The minimum absolute atomic E-state index is 0.0666. The number of rotatable bonds is 6. The molecule has 0 saturated carbocycles. The minimum atomic E-state index is 0.0666. The van der Waals surface area contributed by atoms with Gasteiger partial charge in [0.15, 0.2) is 0 Å². The lowest BCUT2D eigenvalue weighted by atomic mass is 10.2. The molecule has 0 amide bonds. The van der Waals surface area contributed by atoms with Gasteiger partial charge < -0.3 is 20.5 Å². The fourth-order valence-electron chi connectivity index (χ4n) is 2.10. The second-order valence-corrected chi connectivity index (χ2v) is 5.11. The number of hydrogen-bond donors (Lipinski definition) is 2. The van der Waals surface area contributed by atoms with Gasteiger partial charge in [-0.2, -0.15) is 4.98 Å². The van der Waals surface area contributed by atoms with Crippen LogP contribution in [0.15, 0.2) is 12.1 Å². The lowest BCUT2D eigenvalue weighted by molar-refractivity contribution is 0.107. The zero-order valence-electron chi connectivity index (χ0n) is 11.7. The third-order valence-electron chi connectivity index (χ3n) is 3.03. The van der Waals surface area contributed by atoms with Crippen molar-refractivity contribution in [1.29, 1.82) is 0 Å². The Morgan fingerprint density at radius 1 is 1.53 bits per heavy atom. The molecule has 5 nitrogen and oxygen atoms in total. The molecular weight excluding hydrogens is 242 g/mol. The van der Waals surface area contributed by atoms with Gasteiger partial charge in [0.25, 0.3) is 0 Å². The molecule has 2 rings (SSSR count). The Labute approximate surface area is 114 Å². The summed E-state index contributed by atoms with van der Waals surface area (Å²) in [5, 5.41) is 3.29. The zero-order valence-corrected chi connectivity index (χ0v) is 11.7. The predicted octanol–water partition coefficient (Wildman–Crippen LogP) is 2.43. The topological polar surface area (TPSA) is 69.4 Å². The van der Waals surface area contributed by atoms with Crippen molar-refractivity contribution in [2.75, 3.05) is 24.2 Å². The molecule has 0 aliphatic carbocycles. The highest BCUT2D eigenvalue weighted by Gasteiger charge is 2.14. The monoisotopic (exact) mass is 265 g/mol. The fourth-order valence-corrected chi connectivity index (χ4v) is 2.10. The number of anilines is 2. The van der Waals surface area contributed by atoms with Crippen LogP contribution >= 0.6 is 0 Å². The van der Waals surface area contributed by atoms with E-state index in [4.69, 9.17) is 15.2 Å². The Hall–Kier alpha value is -1.49. The zero-order chi connectivity index (χ0) is 13.7. The molecule has 0 aromatic carbocycles. The van der Waals surface area contributed by atoms with Crippen molar-refractivity contribution in [2.45, 2.75) is 45.3 Å². The van der Waals surface area contributed by atoms with Crippen molar-refractivity contribution >= 4 is 11.5 Å². The Morgan fingerprint density at radius 3 is 3.05 bits per heavy atom. The van der Waals surface area contributed by atoms with E-state index in [1.807, 2.05) is 26.0 Å². The van der Waals surface area contributed by atoms with Gasteiger partial charge in [-0.05, 0) is 45.2 Å². The highest BCUT2D eigenvalue weighted by Crippen LogP contribution is 2.22. The van der Waals surface area contributed by atoms with Gasteiger partial charge in [-0.3, -0.25) is 0 Å². The average Bonchev–Trinajstić information content (AvgIpc) is 2.86. The maximum Gasteiger partial charge on any atom is 0.239 e. The Balaban J connectivity index is 1.85. The van der Waals surface area contributed by atoms with E-state index in [-0.39, 0.29) is 6.10 Å². The quantitative estimate of drug-likeness (QED) is 0.826. The third kappa shape index (κ3) is 4.28. The standard InChI is InChI=1S/C14H23N3O2/c1-10(2)19-14-12(15)5-6-13(17-14)16-8-7-11-4-3-9-18-11/h5-6,10-11H,3-4,7-9,15H2,1-2H3,(H,16,17). The molecule has 1 unspecified atom stereocenters. The molecular formula is C14H23N3O2. The molecule has 1 aliphatic rings. The lowest BCUT2D eigenvalue weighted by Crippen LogP contribution is -2.14. The highest BCUT2D eigenvalue weighted by molar-refractivity contribution is 5.53. The van der Waals surface area contributed by atoms with E-state index in [9.17, 15) is 0 Å². The van der Waals surface area contributed by atoms with E-state index in [0.717, 1.165) is 25.4 Å². The van der Waals surface area contributed by atoms with Gasteiger partial charge in [-0.25, -0.2) is 0 Å². The first-order chi connectivity index (χ1) is 9.15. The van der Waals surface area contributed by atoms with Crippen LogP contribution in [0.5, 0.6) is 5.88 Å². The SMILES string of the molecule is CC(C)Oc1nc(NCCC2CCCO2)ccc1N. The smallest absolute Gasteiger partial charge is 0.239 e. The molecule has 2 heterocycles. The van der Waals surface area contributed by atoms with Gasteiger partial charge in [0.1, 0.15) is 5.82 Å². The molecule has 1 saturated heterocycles. The van der Waals surface area contributed by atoms with Gasteiger partial charge in [-0.15, -0.1) is 0 Å². The number of aromatic nitrogens is 1. The molecule has 5 heteroatoms. The summed E-state index contributed by atoms with van der Waals surface area (Å²) in [5.41, 5.74) is 6.40. The second kappa shape index (κ2) is 6.61. The number of nitrogens with zero attached hydrogens (tertiary/aromatic N) is 1. The molecule has 0 bridgehead atoms. The van der Waals surface area contributed by atoms with Gasteiger partial charge in [0.05, 0.1) is 17.9 Å². The number of pyridine rings is 1. The van der Waals surface area contributed by atoms with Crippen LogP contribution in [-0.2, 0) is 4.74 Å². The van der Waals surface area contributed by atoms with Crippen molar-refractivity contribution in [3.63, 3.8) is 0 Å². The number of nitrogens with one attached hydrogen (secondary N) is 1. The van der Waals surface area contributed by atoms with Gasteiger partial charge in [-0.1, -0.05) is 0 Å². The van der Waals surface area contributed by atoms with Crippen LogP contribution in [0.25, 0.3) is 0 Å².